The van der Waals surface area contributed by atoms with Crippen molar-refractivity contribution in [1.29, 1.82) is 0 Å². The molecule has 2 aromatic heterocycles. The Hall–Kier alpha value is -2.87. The Labute approximate surface area is 156 Å². The first-order valence-corrected chi connectivity index (χ1v) is 9.00. The van der Waals surface area contributed by atoms with Crippen molar-refractivity contribution < 1.29 is 5.11 Å². The molecule has 2 N–H and O–H groups in total. The Bertz CT molecular complexity index is 1050. The van der Waals surface area contributed by atoms with Gasteiger partial charge in [0, 0.05) is 26.7 Å². The molecule has 0 radical (unpaired) electrons. The highest BCUT2D eigenvalue weighted by molar-refractivity contribution is 5.69. The Morgan fingerprint density at radius 1 is 1.15 bits per heavy atom. The van der Waals surface area contributed by atoms with Crippen molar-refractivity contribution in [3.8, 4) is 5.75 Å². The van der Waals surface area contributed by atoms with Gasteiger partial charge in [-0.1, -0.05) is 12.1 Å². The molecule has 2 heterocycles. The van der Waals surface area contributed by atoms with Crippen molar-refractivity contribution >= 4 is 11.2 Å². The first kappa shape index (κ1) is 18.9. The van der Waals surface area contributed by atoms with Gasteiger partial charge in [-0.2, -0.15) is 0 Å². The fraction of sp³-hybridized carbons (Fsp3) is 0.421. The molecule has 144 valence electrons. The summed E-state index contributed by atoms with van der Waals surface area (Å²) in [6.45, 7) is 3.56. The lowest BCUT2D eigenvalue weighted by Gasteiger charge is -2.14. The summed E-state index contributed by atoms with van der Waals surface area (Å²) in [5.41, 5.74) is 1.34. The number of phenolic OH excluding ortho intramolecular Hbond substituents is 1. The topological polar surface area (TPSA) is 94.1 Å². The highest BCUT2D eigenvalue weighted by atomic mass is 16.3. The number of aromatic hydroxyl groups is 1. The molecule has 0 spiro atoms. The third kappa shape index (κ3) is 3.95. The van der Waals surface area contributed by atoms with Crippen LogP contribution in [0.3, 0.4) is 0 Å². The van der Waals surface area contributed by atoms with Gasteiger partial charge in [-0.15, -0.1) is 0 Å². The molecule has 3 aromatic rings. The summed E-state index contributed by atoms with van der Waals surface area (Å²) in [5, 5.41) is 12.8. The van der Waals surface area contributed by atoms with Crippen molar-refractivity contribution in [3.05, 3.63) is 57.0 Å². The highest BCUT2D eigenvalue weighted by Crippen LogP contribution is 2.10. The molecule has 0 saturated heterocycles. The number of aromatic nitrogens is 4. The first-order valence-electron chi connectivity index (χ1n) is 9.00. The molecule has 1 atom stereocenters. The van der Waals surface area contributed by atoms with Gasteiger partial charge in [0.25, 0.3) is 5.56 Å². The van der Waals surface area contributed by atoms with Crippen LogP contribution in [0.4, 0.5) is 0 Å². The lowest BCUT2D eigenvalue weighted by Crippen LogP contribution is -2.37. The maximum Gasteiger partial charge on any atom is 0.332 e. The van der Waals surface area contributed by atoms with E-state index in [0.717, 1.165) is 29.5 Å². The number of benzene rings is 1. The van der Waals surface area contributed by atoms with E-state index in [4.69, 9.17) is 0 Å². The quantitative estimate of drug-likeness (QED) is 0.639. The molecular weight excluding hydrogens is 346 g/mol. The summed E-state index contributed by atoms with van der Waals surface area (Å²) in [4.78, 5) is 28.7. The van der Waals surface area contributed by atoms with Gasteiger partial charge in [0.05, 0.1) is 6.33 Å². The molecule has 0 bridgehead atoms. The monoisotopic (exact) mass is 371 g/mol. The van der Waals surface area contributed by atoms with Gasteiger partial charge in [-0.3, -0.25) is 13.9 Å². The predicted molar refractivity (Wildman–Crippen MR) is 104 cm³/mol. The third-order valence-corrected chi connectivity index (χ3v) is 4.86. The van der Waals surface area contributed by atoms with Gasteiger partial charge in [0.15, 0.2) is 11.2 Å². The largest absolute Gasteiger partial charge is 0.508 e. The average Bonchev–Trinajstić information content (AvgIpc) is 3.09. The van der Waals surface area contributed by atoms with E-state index in [-0.39, 0.29) is 23.0 Å². The van der Waals surface area contributed by atoms with Gasteiger partial charge in [-0.25, -0.2) is 9.78 Å². The van der Waals surface area contributed by atoms with E-state index in [9.17, 15) is 14.7 Å². The second kappa shape index (κ2) is 7.79. The molecule has 8 heteroatoms. The Morgan fingerprint density at radius 3 is 2.56 bits per heavy atom. The van der Waals surface area contributed by atoms with Crippen molar-refractivity contribution in [2.24, 2.45) is 14.1 Å². The Morgan fingerprint density at radius 2 is 1.85 bits per heavy atom. The number of aryl methyl sites for hydroxylation is 2. The predicted octanol–water partition coefficient (Wildman–Crippen LogP) is 0.750. The minimum atomic E-state index is -0.373. The maximum atomic E-state index is 12.4. The zero-order valence-electron chi connectivity index (χ0n) is 15.8. The van der Waals surface area contributed by atoms with Crippen molar-refractivity contribution in [2.45, 2.75) is 32.4 Å². The Kier molecular flexibility index (Phi) is 5.46. The molecule has 3 rings (SSSR count). The first-order chi connectivity index (χ1) is 12.9. The maximum absolute atomic E-state index is 12.4. The Balaban J connectivity index is 1.60. The fourth-order valence-corrected chi connectivity index (χ4v) is 3.13. The normalized spacial score (nSPS) is 12.6. The second-order valence-electron chi connectivity index (χ2n) is 6.88. The standard InChI is InChI=1S/C19H25N5O3/c1-13(20-10-8-14-4-6-15(25)7-5-14)9-11-24-12-21-17-16(24)18(26)23(3)19(27)22(17)2/h4-7,12-13,20,25H,8-11H2,1-3H3. The second-order valence-corrected chi connectivity index (χ2v) is 6.88. The molecule has 0 aliphatic rings. The minimum absolute atomic E-state index is 0.260. The number of phenols is 1. The molecule has 8 nitrogen and oxygen atoms in total. The van der Waals surface area contributed by atoms with E-state index in [1.807, 2.05) is 16.7 Å². The van der Waals surface area contributed by atoms with E-state index in [1.165, 1.54) is 11.6 Å². The van der Waals surface area contributed by atoms with E-state index in [2.05, 4.69) is 17.2 Å². The molecule has 1 unspecified atom stereocenters. The number of nitrogens with zero attached hydrogens (tertiary/aromatic N) is 4. The van der Waals surface area contributed by atoms with Crippen LogP contribution in [0.2, 0.25) is 0 Å². The molecule has 0 amide bonds. The zero-order chi connectivity index (χ0) is 19.6. The molecule has 0 fully saturated rings. The van der Waals surface area contributed by atoms with E-state index < -0.39 is 0 Å². The molecule has 0 aliphatic carbocycles. The van der Waals surface area contributed by atoms with E-state index in [0.29, 0.717) is 17.7 Å². The van der Waals surface area contributed by atoms with E-state index in [1.54, 1.807) is 25.5 Å². The van der Waals surface area contributed by atoms with Gasteiger partial charge in [0.1, 0.15) is 5.75 Å². The van der Waals surface area contributed by atoms with Crippen LogP contribution in [-0.2, 0) is 27.1 Å². The average molecular weight is 371 g/mol. The van der Waals surface area contributed by atoms with Crippen molar-refractivity contribution in [3.63, 3.8) is 0 Å². The summed E-state index contributed by atoms with van der Waals surface area (Å²) in [7, 11) is 3.10. The molecule has 0 saturated carbocycles. The van der Waals surface area contributed by atoms with Crippen LogP contribution < -0.4 is 16.6 Å². The number of imidazole rings is 1. The summed E-state index contributed by atoms with van der Waals surface area (Å²) in [6, 6.07) is 7.47. The lowest BCUT2D eigenvalue weighted by atomic mass is 10.1. The summed E-state index contributed by atoms with van der Waals surface area (Å²) in [6.07, 6.45) is 3.32. The molecular formula is C19H25N5O3. The number of fused-ring (bicyclic) bond motifs is 1. The zero-order valence-corrected chi connectivity index (χ0v) is 15.8. The van der Waals surface area contributed by atoms with Crippen LogP contribution in [0.5, 0.6) is 5.75 Å². The number of nitrogens with one attached hydrogen (secondary N) is 1. The summed E-state index contributed by atoms with van der Waals surface area (Å²) in [5.74, 6) is 0.274. The minimum Gasteiger partial charge on any atom is -0.508 e. The van der Waals surface area contributed by atoms with Crippen molar-refractivity contribution in [1.82, 2.24) is 24.0 Å². The number of rotatable bonds is 7. The molecule has 0 aliphatic heterocycles. The molecule has 1 aromatic carbocycles. The number of hydrogen-bond acceptors (Lipinski definition) is 5. The highest BCUT2D eigenvalue weighted by Gasteiger charge is 2.14. The van der Waals surface area contributed by atoms with Gasteiger partial charge in [0.2, 0.25) is 0 Å². The lowest BCUT2D eigenvalue weighted by molar-refractivity contribution is 0.474. The number of hydrogen-bond donors (Lipinski definition) is 2. The fourth-order valence-electron chi connectivity index (χ4n) is 3.13. The van der Waals surface area contributed by atoms with Crippen LogP contribution in [0.15, 0.2) is 40.2 Å². The van der Waals surface area contributed by atoms with Crippen LogP contribution in [0.25, 0.3) is 11.2 Å². The van der Waals surface area contributed by atoms with Crippen LogP contribution >= 0.6 is 0 Å². The van der Waals surface area contributed by atoms with Crippen molar-refractivity contribution in [2.75, 3.05) is 6.54 Å². The third-order valence-electron chi connectivity index (χ3n) is 4.86. The van der Waals surface area contributed by atoms with Gasteiger partial charge in [-0.05, 0) is 44.0 Å². The van der Waals surface area contributed by atoms with Crippen LogP contribution in [-0.4, -0.2) is 36.4 Å². The van der Waals surface area contributed by atoms with E-state index >= 15 is 0 Å². The summed E-state index contributed by atoms with van der Waals surface area (Å²) < 4.78 is 4.32. The SMILES string of the molecule is CC(CCn1cnc2c1c(=O)n(C)c(=O)n2C)NCCc1ccc(O)cc1. The smallest absolute Gasteiger partial charge is 0.332 e. The molecule has 27 heavy (non-hydrogen) atoms. The van der Waals surface area contributed by atoms with Gasteiger partial charge < -0.3 is 15.0 Å². The summed E-state index contributed by atoms with van der Waals surface area (Å²) >= 11 is 0. The van der Waals surface area contributed by atoms with Gasteiger partial charge >= 0.3 is 5.69 Å². The van der Waals surface area contributed by atoms with Crippen LogP contribution in [0, 0.1) is 0 Å². The van der Waals surface area contributed by atoms with Crippen LogP contribution in [0.1, 0.15) is 18.9 Å².